The number of aliphatic hydroxyl groups is 1. The fraction of sp³-hybridized carbons (Fsp3) is 0.500. The van der Waals surface area contributed by atoms with Gasteiger partial charge in [-0.05, 0) is 46.8 Å². The summed E-state index contributed by atoms with van der Waals surface area (Å²) in [6.45, 7) is 12.7. The zero-order valence-corrected chi connectivity index (χ0v) is 15.8. The molecule has 0 bridgehead atoms. The number of benzene rings is 1. The molecule has 0 saturated heterocycles. The van der Waals surface area contributed by atoms with E-state index in [0.717, 1.165) is 5.56 Å². The summed E-state index contributed by atoms with van der Waals surface area (Å²) in [7, 11) is -1.40. The van der Waals surface area contributed by atoms with E-state index in [4.69, 9.17) is 4.74 Å². The lowest BCUT2D eigenvalue weighted by Gasteiger charge is -2.24. The van der Waals surface area contributed by atoms with Crippen LogP contribution in [0.2, 0.25) is 0 Å². The Morgan fingerprint density at radius 2 is 1.88 bits per heavy atom. The number of aryl methyl sites for hydroxylation is 1. The Bertz CT molecular complexity index is 604. The number of amides is 1. The zero-order chi connectivity index (χ0) is 18.5. The van der Waals surface area contributed by atoms with Crippen LogP contribution in [0.5, 0.6) is 0 Å². The quantitative estimate of drug-likeness (QED) is 0.823. The molecular weight excluding hydrogens is 326 g/mol. The average Bonchev–Trinajstić information content (AvgIpc) is 2.44. The lowest BCUT2D eigenvalue weighted by Crippen LogP contribution is -2.43. The van der Waals surface area contributed by atoms with Crippen LogP contribution in [-0.2, 0) is 15.5 Å². The van der Waals surface area contributed by atoms with E-state index < -0.39 is 34.6 Å². The van der Waals surface area contributed by atoms with Gasteiger partial charge in [0.25, 0.3) is 0 Å². The molecule has 1 aromatic carbocycles. The van der Waals surface area contributed by atoms with Gasteiger partial charge >= 0.3 is 6.09 Å². The Labute approximate surface area is 146 Å². The van der Waals surface area contributed by atoms with Crippen molar-refractivity contribution in [3.05, 3.63) is 41.3 Å². The van der Waals surface area contributed by atoms with E-state index in [2.05, 4.69) is 11.9 Å². The van der Waals surface area contributed by atoms with Crippen LogP contribution in [0.4, 0.5) is 4.79 Å². The molecule has 0 heterocycles. The lowest BCUT2D eigenvalue weighted by molar-refractivity contribution is 0.0438. The van der Waals surface area contributed by atoms with Gasteiger partial charge in [0.2, 0.25) is 0 Å². The van der Waals surface area contributed by atoms with Crippen LogP contribution >= 0.6 is 0 Å². The molecule has 0 saturated carbocycles. The molecule has 0 aliphatic rings. The second-order valence-electron chi connectivity index (χ2n) is 6.83. The van der Waals surface area contributed by atoms with E-state index in [1.165, 1.54) is 0 Å². The fourth-order valence-electron chi connectivity index (χ4n) is 1.90. The van der Waals surface area contributed by atoms with Crippen molar-refractivity contribution in [2.75, 3.05) is 0 Å². The Kier molecular flexibility index (Phi) is 7.17. The molecule has 3 atom stereocenters. The fourth-order valence-corrected chi connectivity index (χ4v) is 2.94. The SMILES string of the molecule is C=C(C[C@@H](O)[C@@H](C)NC(=O)OC(C)(C)C)S(=O)c1ccc(C)cc1. The van der Waals surface area contributed by atoms with Crippen LogP contribution in [0.25, 0.3) is 0 Å². The van der Waals surface area contributed by atoms with Gasteiger partial charge in [-0.1, -0.05) is 24.3 Å². The molecule has 0 aliphatic heterocycles. The summed E-state index contributed by atoms with van der Waals surface area (Å²) >= 11 is 0. The summed E-state index contributed by atoms with van der Waals surface area (Å²) in [5.74, 6) is 0. The van der Waals surface area contributed by atoms with Crippen molar-refractivity contribution >= 4 is 16.9 Å². The minimum Gasteiger partial charge on any atom is -0.444 e. The molecule has 1 amide bonds. The first-order valence-electron chi connectivity index (χ1n) is 7.83. The highest BCUT2D eigenvalue weighted by Gasteiger charge is 2.23. The smallest absolute Gasteiger partial charge is 0.407 e. The van der Waals surface area contributed by atoms with Gasteiger partial charge in [-0.15, -0.1) is 0 Å². The predicted octanol–water partition coefficient (Wildman–Crippen LogP) is 3.28. The maximum Gasteiger partial charge on any atom is 0.407 e. The highest BCUT2D eigenvalue weighted by molar-refractivity contribution is 7.89. The van der Waals surface area contributed by atoms with Crippen molar-refractivity contribution in [1.29, 1.82) is 0 Å². The normalized spacial score (nSPS) is 15.2. The summed E-state index contributed by atoms with van der Waals surface area (Å²) in [6, 6.07) is 6.77. The van der Waals surface area contributed by atoms with Crippen molar-refractivity contribution in [2.45, 2.75) is 63.7 Å². The maximum absolute atomic E-state index is 12.4. The third kappa shape index (κ3) is 6.84. The number of alkyl carbamates (subject to hydrolysis) is 1. The monoisotopic (exact) mass is 353 g/mol. The summed E-state index contributed by atoms with van der Waals surface area (Å²) in [4.78, 5) is 12.8. The molecule has 134 valence electrons. The summed E-state index contributed by atoms with van der Waals surface area (Å²) in [5.41, 5.74) is 0.474. The van der Waals surface area contributed by atoms with Gasteiger partial charge in [-0.3, -0.25) is 0 Å². The number of carbonyl (C=O) groups is 1. The van der Waals surface area contributed by atoms with Gasteiger partial charge in [0.15, 0.2) is 0 Å². The molecule has 1 unspecified atom stereocenters. The molecule has 6 heteroatoms. The molecule has 24 heavy (non-hydrogen) atoms. The van der Waals surface area contributed by atoms with E-state index in [9.17, 15) is 14.1 Å². The number of ether oxygens (including phenoxy) is 1. The zero-order valence-electron chi connectivity index (χ0n) is 15.0. The average molecular weight is 353 g/mol. The van der Waals surface area contributed by atoms with E-state index in [1.807, 2.05) is 19.1 Å². The molecule has 5 nitrogen and oxygen atoms in total. The molecule has 0 spiro atoms. The standard InChI is InChI=1S/C18H27NO4S/c1-12-7-9-15(10-8-12)24(22)13(2)11-16(20)14(3)19-17(21)23-18(4,5)6/h7-10,14,16,20H,2,11H2,1,3-6H3,(H,19,21)/t14-,16-,24?/m1/s1. The van der Waals surface area contributed by atoms with E-state index in [0.29, 0.717) is 9.80 Å². The number of aliphatic hydroxyl groups excluding tert-OH is 1. The second kappa shape index (κ2) is 8.44. The van der Waals surface area contributed by atoms with Crippen molar-refractivity contribution in [2.24, 2.45) is 0 Å². The third-order valence-corrected chi connectivity index (χ3v) is 4.65. The third-order valence-electron chi connectivity index (χ3n) is 3.26. The van der Waals surface area contributed by atoms with Crippen molar-refractivity contribution in [3.63, 3.8) is 0 Å². The highest BCUT2D eigenvalue weighted by Crippen LogP contribution is 2.19. The maximum atomic E-state index is 12.4. The van der Waals surface area contributed by atoms with Crippen LogP contribution in [-0.4, -0.2) is 33.2 Å². The van der Waals surface area contributed by atoms with Gasteiger partial charge < -0.3 is 15.2 Å². The van der Waals surface area contributed by atoms with Crippen molar-refractivity contribution in [1.82, 2.24) is 5.32 Å². The Hall–Kier alpha value is -1.66. The highest BCUT2D eigenvalue weighted by atomic mass is 32.2. The second-order valence-corrected chi connectivity index (χ2v) is 8.41. The molecule has 0 fully saturated rings. The minimum atomic E-state index is -1.40. The van der Waals surface area contributed by atoms with Gasteiger partial charge in [0.1, 0.15) is 5.60 Å². The van der Waals surface area contributed by atoms with Crippen LogP contribution in [0.3, 0.4) is 0 Å². The largest absolute Gasteiger partial charge is 0.444 e. The first kappa shape index (κ1) is 20.4. The number of hydrogen-bond donors (Lipinski definition) is 2. The lowest BCUT2D eigenvalue weighted by atomic mass is 10.1. The first-order chi connectivity index (χ1) is 11.0. The summed E-state index contributed by atoms with van der Waals surface area (Å²) in [5, 5.41) is 12.8. The van der Waals surface area contributed by atoms with Gasteiger partial charge in [0.05, 0.1) is 22.9 Å². The molecule has 0 radical (unpaired) electrons. The van der Waals surface area contributed by atoms with Gasteiger partial charge in [0, 0.05) is 16.2 Å². The summed E-state index contributed by atoms with van der Waals surface area (Å²) in [6.07, 6.45) is -1.38. The number of hydrogen-bond acceptors (Lipinski definition) is 4. The van der Waals surface area contributed by atoms with Crippen LogP contribution < -0.4 is 5.32 Å². The first-order valence-corrected chi connectivity index (χ1v) is 8.98. The molecule has 1 aromatic rings. The van der Waals surface area contributed by atoms with E-state index in [-0.39, 0.29) is 6.42 Å². The molecule has 0 aromatic heterocycles. The number of rotatable bonds is 6. The van der Waals surface area contributed by atoms with Crippen molar-refractivity contribution < 1.29 is 18.8 Å². The van der Waals surface area contributed by atoms with Crippen LogP contribution in [0.1, 0.15) is 39.7 Å². The van der Waals surface area contributed by atoms with Crippen LogP contribution in [0, 0.1) is 6.92 Å². The molecule has 1 rings (SSSR count). The Balaban J connectivity index is 2.58. The topological polar surface area (TPSA) is 75.6 Å². The van der Waals surface area contributed by atoms with Gasteiger partial charge in [-0.25, -0.2) is 9.00 Å². The Morgan fingerprint density at radius 1 is 1.33 bits per heavy atom. The van der Waals surface area contributed by atoms with E-state index >= 15 is 0 Å². The van der Waals surface area contributed by atoms with Crippen LogP contribution in [0.15, 0.2) is 40.6 Å². The molecule has 2 N–H and O–H groups in total. The predicted molar refractivity (Wildman–Crippen MR) is 96.2 cm³/mol. The van der Waals surface area contributed by atoms with E-state index in [1.54, 1.807) is 39.8 Å². The Morgan fingerprint density at radius 3 is 2.38 bits per heavy atom. The van der Waals surface area contributed by atoms with Gasteiger partial charge in [-0.2, -0.15) is 0 Å². The molecular formula is C18H27NO4S. The summed E-state index contributed by atoms with van der Waals surface area (Å²) < 4.78 is 17.6. The molecule has 0 aliphatic carbocycles. The minimum absolute atomic E-state index is 0.122. The number of carbonyl (C=O) groups excluding carboxylic acids is 1. The number of nitrogens with one attached hydrogen (secondary N) is 1. The van der Waals surface area contributed by atoms with Crippen molar-refractivity contribution in [3.8, 4) is 0 Å².